The topological polar surface area (TPSA) is 98.6 Å². The Morgan fingerprint density at radius 1 is 0.829 bits per heavy atom. The summed E-state index contributed by atoms with van der Waals surface area (Å²) in [7, 11) is 3.49. The molecule has 2 aliphatic heterocycles. The molecule has 3 atom stereocenters. The van der Waals surface area contributed by atoms with Crippen LogP contribution in [0.4, 0.5) is 0 Å². The second-order valence-corrected chi connectivity index (χ2v) is 10.5. The largest absolute Gasteiger partial charge is 0.486 e. The third-order valence-electron chi connectivity index (χ3n) is 7.25. The Kier molecular flexibility index (Phi) is 8.93. The van der Waals surface area contributed by atoms with Gasteiger partial charge in [0.2, 0.25) is 11.8 Å². The number of para-hydroxylation sites is 4. The van der Waals surface area contributed by atoms with Crippen molar-refractivity contribution in [2.24, 2.45) is 0 Å². The minimum atomic E-state index is -0.288. The molecule has 2 amide bonds. The van der Waals surface area contributed by atoms with Crippen molar-refractivity contribution in [3.63, 3.8) is 0 Å². The predicted octanol–water partition coefficient (Wildman–Crippen LogP) is 2.17. The molecule has 0 saturated carbocycles. The lowest BCUT2D eigenvalue weighted by Crippen LogP contribution is -2.51. The van der Waals surface area contributed by atoms with Crippen molar-refractivity contribution in [1.82, 2.24) is 24.5 Å². The van der Waals surface area contributed by atoms with Gasteiger partial charge in [-0.25, -0.2) is 0 Å². The second-order valence-electron chi connectivity index (χ2n) is 10.5. The van der Waals surface area contributed by atoms with Crippen LogP contribution in [0.15, 0.2) is 67.0 Å². The summed E-state index contributed by atoms with van der Waals surface area (Å²) >= 11 is 0. The van der Waals surface area contributed by atoms with E-state index in [1.807, 2.05) is 72.6 Å². The van der Waals surface area contributed by atoms with Crippen LogP contribution in [0, 0.1) is 0 Å². The lowest BCUT2D eigenvalue weighted by atomic mass is 10.2. The van der Waals surface area contributed by atoms with Crippen molar-refractivity contribution in [3.8, 4) is 23.0 Å². The molecule has 0 spiro atoms. The Labute approximate surface area is 240 Å². The lowest BCUT2D eigenvalue weighted by molar-refractivity contribution is -0.137. The number of carbonyl (C=O) groups excluding carboxylic acids is 2. The number of rotatable bonds is 11. The van der Waals surface area contributed by atoms with Crippen molar-refractivity contribution in [3.05, 3.63) is 67.0 Å². The number of likely N-dealkylation sites (N-methyl/N-ethyl adjacent to an activating group) is 2. The standard InChI is InChI=1S/C30H37N5O6/c1-22(15-35-14-8-13-31-35)34(18-29(36)32(2)16-23-20-38-25-9-4-6-11-27(25)40-23)19-30(37)33(3)17-24-21-39-26-10-5-7-12-28(26)41-24/h4-14,22-24H,15-21H2,1-3H3. The van der Waals surface area contributed by atoms with Gasteiger partial charge >= 0.3 is 0 Å². The number of nitrogens with zero attached hydrogens (tertiary/aromatic N) is 5. The molecule has 3 aromatic rings. The molecule has 218 valence electrons. The van der Waals surface area contributed by atoms with Gasteiger partial charge in [-0.3, -0.25) is 19.2 Å². The maximum Gasteiger partial charge on any atom is 0.236 e. The Balaban J connectivity index is 1.18. The average Bonchev–Trinajstić information content (AvgIpc) is 3.49. The summed E-state index contributed by atoms with van der Waals surface area (Å²) in [6.45, 7) is 4.10. The summed E-state index contributed by atoms with van der Waals surface area (Å²) in [5, 5.41) is 4.30. The molecule has 11 heteroatoms. The molecule has 0 N–H and O–H groups in total. The number of fused-ring (bicyclic) bond motifs is 2. The fourth-order valence-electron chi connectivity index (χ4n) is 4.87. The van der Waals surface area contributed by atoms with E-state index >= 15 is 0 Å². The van der Waals surface area contributed by atoms with Crippen LogP contribution in [0.3, 0.4) is 0 Å². The molecular formula is C30H37N5O6. The summed E-state index contributed by atoms with van der Waals surface area (Å²) in [4.78, 5) is 31.9. The molecule has 5 rings (SSSR count). The van der Waals surface area contributed by atoms with Gasteiger partial charge in [0.15, 0.2) is 35.2 Å². The maximum absolute atomic E-state index is 13.4. The van der Waals surface area contributed by atoms with Crippen LogP contribution in [-0.4, -0.2) is 108 Å². The molecule has 3 unspecified atom stereocenters. The first-order chi connectivity index (χ1) is 19.9. The Morgan fingerprint density at radius 2 is 1.32 bits per heavy atom. The number of hydrogen-bond acceptors (Lipinski definition) is 8. The summed E-state index contributed by atoms with van der Waals surface area (Å²) in [6, 6.07) is 16.7. The SMILES string of the molecule is CC(Cn1cccn1)N(CC(=O)N(C)CC1COc2ccccc2O1)CC(=O)N(C)CC1COc2ccccc2O1. The monoisotopic (exact) mass is 563 g/mol. The highest BCUT2D eigenvalue weighted by Gasteiger charge is 2.29. The number of ether oxygens (including phenoxy) is 4. The van der Waals surface area contributed by atoms with Crippen LogP contribution >= 0.6 is 0 Å². The van der Waals surface area contributed by atoms with E-state index in [0.717, 1.165) is 0 Å². The molecule has 2 aliphatic rings. The van der Waals surface area contributed by atoms with Crippen molar-refractivity contribution in [2.75, 3.05) is 53.5 Å². The average molecular weight is 564 g/mol. The molecule has 0 saturated heterocycles. The second kappa shape index (κ2) is 12.9. The summed E-state index contributed by atoms with van der Waals surface area (Å²) < 4.78 is 25.5. The maximum atomic E-state index is 13.4. The van der Waals surface area contributed by atoms with E-state index in [1.54, 1.807) is 34.8 Å². The Bertz CT molecular complexity index is 1240. The van der Waals surface area contributed by atoms with Gasteiger partial charge in [0.05, 0.1) is 32.7 Å². The van der Waals surface area contributed by atoms with Crippen molar-refractivity contribution in [2.45, 2.75) is 31.7 Å². The summed E-state index contributed by atoms with van der Waals surface area (Å²) in [5.41, 5.74) is 0. The Hall–Kier alpha value is -4.25. The molecule has 0 bridgehead atoms. The minimum Gasteiger partial charge on any atom is -0.486 e. The molecule has 0 aliphatic carbocycles. The lowest BCUT2D eigenvalue weighted by Gasteiger charge is -2.34. The zero-order valence-electron chi connectivity index (χ0n) is 23.7. The van der Waals surface area contributed by atoms with E-state index in [9.17, 15) is 9.59 Å². The van der Waals surface area contributed by atoms with Crippen LogP contribution < -0.4 is 18.9 Å². The molecule has 3 heterocycles. The van der Waals surface area contributed by atoms with E-state index < -0.39 is 0 Å². The first kappa shape index (κ1) is 28.3. The molecule has 0 radical (unpaired) electrons. The van der Waals surface area contributed by atoms with Crippen LogP contribution in [0.5, 0.6) is 23.0 Å². The minimum absolute atomic E-state index is 0.0685. The van der Waals surface area contributed by atoms with Crippen LogP contribution in [0.1, 0.15) is 6.92 Å². The first-order valence-electron chi connectivity index (χ1n) is 13.8. The molecule has 11 nitrogen and oxygen atoms in total. The molecule has 1 aromatic heterocycles. The summed E-state index contributed by atoms with van der Waals surface area (Å²) in [5.74, 6) is 2.51. The molecule has 2 aromatic carbocycles. The summed E-state index contributed by atoms with van der Waals surface area (Å²) in [6.07, 6.45) is 3.00. The zero-order chi connectivity index (χ0) is 28.8. The van der Waals surface area contributed by atoms with Gasteiger partial charge in [-0.1, -0.05) is 24.3 Å². The number of benzene rings is 2. The van der Waals surface area contributed by atoms with E-state index in [4.69, 9.17) is 18.9 Å². The van der Waals surface area contributed by atoms with Crippen molar-refractivity contribution in [1.29, 1.82) is 0 Å². The molecular weight excluding hydrogens is 526 g/mol. The first-order valence-corrected chi connectivity index (χ1v) is 13.8. The van der Waals surface area contributed by atoms with Crippen LogP contribution in [-0.2, 0) is 16.1 Å². The molecule has 41 heavy (non-hydrogen) atoms. The quantitative estimate of drug-likeness (QED) is 0.350. The van der Waals surface area contributed by atoms with E-state index in [0.29, 0.717) is 55.8 Å². The molecule has 0 fully saturated rings. The highest BCUT2D eigenvalue weighted by molar-refractivity contribution is 5.81. The third-order valence-corrected chi connectivity index (χ3v) is 7.25. The van der Waals surface area contributed by atoms with Crippen LogP contribution in [0.2, 0.25) is 0 Å². The zero-order valence-corrected chi connectivity index (χ0v) is 23.7. The van der Waals surface area contributed by atoms with Crippen molar-refractivity contribution >= 4 is 11.8 Å². The number of amides is 2. The van der Waals surface area contributed by atoms with Gasteiger partial charge < -0.3 is 28.7 Å². The predicted molar refractivity (Wildman–Crippen MR) is 151 cm³/mol. The number of hydrogen-bond donors (Lipinski definition) is 0. The van der Waals surface area contributed by atoms with Gasteiger partial charge in [-0.15, -0.1) is 0 Å². The van der Waals surface area contributed by atoms with E-state index in [-0.39, 0.29) is 43.2 Å². The smallest absolute Gasteiger partial charge is 0.236 e. The Morgan fingerprint density at radius 3 is 1.78 bits per heavy atom. The highest BCUT2D eigenvalue weighted by Crippen LogP contribution is 2.32. The van der Waals surface area contributed by atoms with Crippen LogP contribution in [0.25, 0.3) is 0 Å². The highest BCUT2D eigenvalue weighted by atomic mass is 16.6. The fourth-order valence-corrected chi connectivity index (χ4v) is 4.87. The normalized spacial score (nSPS) is 18.0. The third kappa shape index (κ3) is 7.29. The van der Waals surface area contributed by atoms with E-state index in [2.05, 4.69) is 5.10 Å². The van der Waals surface area contributed by atoms with Gasteiger partial charge in [-0.2, -0.15) is 5.10 Å². The number of carbonyl (C=O) groups is 2. The van der Waals surface area contributed by atoms with Gasteiger partial charge in [-0.05, 0) is 37.3 Å². The number of aromatic nitrogens is 2. The fraction of sp³-hybridized carbons (Fsp3) is 0.433. The van der Waals surface area contributed by atoms with Gasteiger partial charge in [0, 0.05) is 32.5 Å². The van der Waals surface area contributed by atoms with Gasteiger partial charge in [0.25, 0.3) is 0 Å². The van der Waals surface area contributed by atoms with Crippen molar-refractivity contribution < 1.29 is 28.5 Å². The van der Waals surface area contributed by atoms with Gasteiger partial charge in [0.1, 0.15) is 13.2 Å². The van der Waals surface area contributed by atoms with E-state index in [1.165, 1.54) is 0 Å².